The zero-order valence-corrected chi connectivity index (χ0v) is 18.7. The minimum absolute atomic E-state index is 0.0947. The Morgan fingerprint density at radius 1 is 1.21 bits per heavy atom. The fourth-order valence-electron chi connectivity index (χ4n) is 2.87. The van der Waals surface area contributed by atoms with E-state index in [2.05, 4.69) is 5.32 Å². The van der Waals surface area contributed by atoms with Crippen LogP contribution in [0.15, 0.2) is 29.7 Å². The average molecular weight is 403 g/mol. The number of nitrogens with one attached hydrogen (secondary N) is 1. The molecule has 1 saturated heterocycles. The molecule has 0 atom stereocenters. The molecule has 1 fully saturated rings. The van der Waals surface area contributed by atoms with Crippen molar-refractivity contribution < 1.29 is 23.9 Å². The summed E-state index contributed by atoms with van der Waals surface area (Å²) in [5.41, 5.74) is 1.23. The number of carbonyl (C=O) groups is 1. The van der Waals surface area contributed by atoms with Gasteiger partial charge in [-0.25, -0.2) is 4.79 Å². The topological polar surface area (TPSA) is 77.0 Å². The van der Waals surface area contributed by atoms with Crippen LogP contribution in [0.4, 0.5) is 4.79 Å². The summed E-state index contributed by atoms with van der Waals surface area (Å²) in [4.78, 5) is 12.2. The molecule has 1 aromatic carbocycles. The summed E-state index contributed by atoms with van der Waals surface area (Å²) in [6.45, 7) is 13.8. The number of carbonyl (C=O) groups excluding carboxylic acids is 1. The Morgan fingerprint density at radius 2 is 1.83 bits per heavy atom. The van der Waals surface area contributed by atoms with Crippen molar-refractivity contribution >= 4 is 19.3 Å². The van der Waals surface area contributed by atoms with E-state index >= 15 is 0 Å². The Hall–Kier alpha value is -1.83. The fraction of sp³-hybridized carbons (Fsp3) is 0.591. The van der Waals surface area contributed by atoms with Crippen LogP contribution in [-0.2, 0) is 20.5 Å². The van der Waals surface area contributed by atoms with Gasteiger partial charge >= 0.3 is 13.2 Å². The van der Waals surface area contributed by atoms with Crippen molar-refractivity contribution in [2.45, 2.75) is 71.7 Å². The van der Waals surface area contributed by atoms with Gasteiger partial charge in [0.1, 0.15) is 5.60 Å². The Morgan fingerprint density at radius 3 is 2.38 bits per heavy atom. The van der Waals surface area contributed by atoms with Crippen molar-refractivity contribution in [3.05, 3.63) is 40.9 Å². The third kappa shape index (κ3) is 6.59. The molecule has 0 radical (unpaired) electrons. The highest BCUT2D eigenvalue weighted by atomic mass is 16.7. The summed E-state index contributed by atoms with van der Waals surface area (Å²) in [5, 5.41) is 12.0. The molecule has 0 aromatic heterocycles. The van der Waals surface area contributed by atoms with E-state index in [4.69, 9.17) is 14.0 Å². The van der Waals surface area contributed by atoms with E-state index in [0.717, 1.165) is 16.6 Å². The summed E-state index contributed by atoms with van der Waals surface area (Å²) in [6, 6.07) is 7.90. The summed E-state index contributed by atoms with van der Waals surface area (Å²) < 4.78 is 17.7. The molecule has 0 unspecified atom stereocenters. The van der Waals surface area contributed by atoms with Crippen molar-refractivity contribution in [2.24, 2.45) is 0 Å². The smallest absolute Gasteiger partial charge is 0.444 e. The van der Waals surface area contributed by atoms with Gasteiger partial charge in [-0.05, 0) is 71.5 Å². The second kappa shape index (κ2) is 8.90. The first kappa shape index (κ1) is 23.5. The first-order chi connectivity index (χ1) is 13.3. The molecule has 1 aliphatic rings. The van der Waals surface area contributed by atoms with Gasteiger partial charge in [0, 0.05) is 13.2 Å². The normalized spacial score (nSPS) is 18.6. The van der Waals surface area contributed by atoms with Gasteiger partial charge in [-0.1, -0.05) is 30.3 Å². The van der Waals surface area contributed by atoms with Gasteiger partial charge in [-0.2, -0.15) is 0 Å². The molecule has 0 aliphatic carbocycles. The predicted molar refractivity (Wildman–Crippen MR) is 116 cm³/mol. The molecular formula is C22H34BNO5. The predicted octanol–water partition coefficient (Wildman–Crippen LogP) is 3.76. The highest BCUT2D eigenvalue weighted by molar-refractivity contribution is 6.56. The molecule has 2 rings (SSSR count). The Balaban J connectivity index is 2.26. The van der Waals surface area contributed by atoms with Crippen LogP contribution in [0.25, 0.3) is 6.08 Å². The maximum atomic E-state index is 12.2. The molecule has 2 N–H and O–H groups in total. The first-order valence-corrected chi connectivity index (χ1v) is 10.1. The SMILES string of the molecule is CC(C)(C)OC(=O)NCC(=Cc1cccc(CCO)c1)B1OC(C)(C)C(C)(C)O1. The van der Waals surface area contributed by atoms with Crippen LogP contribution in [0.5, 0.6) is 0 Å². The third-order valence-electron chi connectivity index (χ3n) is 5.10. The fourth-order valence-corrected chi connectivity index (χ4v) is 2.87. The van der Waals surface area contributed by atoms with Crippen molar-refractivity contribution in [1.29, 1.82) is 0 Å². The molecule has 0 saturated carbocycles. The van der Waals surface area contributed by atoms with Crippen LogP contribution in [0, 0.1) is 0 Å². The maximum absolute atomic E-state index is 12.2. The maximum Gasteiger partial charge on any atom is 0.492 e. The number of amides is 1. The quantitative estimate of drug-likeness (QED) is 0.708. The third-order valence-corrected chi connectivity index (χ3v) is 5.10. The summed E-state index contributed by atoms with van der Waals surface area (Å²) >= 11 is 0. The second-order valence-corrected chi connectivity index (χ2v) is 9.38. The number of hydrogen-bond donors (Lipinski definition) is 2. The molecule has 7 heteroatoms. The van der Waals surface area contributed by atoms with Crippen molar-refractivity contribution in [3.8, 4) is 0 Å². The lowest BCUT2D eigenvalue weighted by molar-refractivity contribution is 0.00578. The zero-order chi connectivity index (χ0) is 21.9. The minimum atomic E-state index is -0.587. The standard InChI is InChI=1S/C22H34BNO5/c1-20(2,3)27-19(26)24-15-18(23-28-21(4,5)22(6,7)29-23)14-17-10-8-9-16(13-17)11-12-25/h8-10,13-14,25H,11-12,15H2,1-7H3,(H,24,26). The van der Waals surface area contributed by atoms with Gasteiger partial charge in [0.25, 0.3) is 0 Å². The molecule has 1 heterocycles. The molecule has 29 heavy (non-hydrogen) atoms. The Kier molecular flexibility index (Phi) is 7.20. The molecule has 0 bridgehead atoms. The zero-order valence-electron chi connectivity index (χ0n) is 18.7. The lowest BCUT2D eigenvalue weighted by atomic mass is 9.77. The molecule has 6 nitrogen and oxygen atoms in total. The molecule has 1 amide bonds. The summed E-state index contributed by atoms with van der Waals surface area (Å²) in [6.07, 6.45) is 2.05. The number of aliphatic hydroxyl groups excluding tert-OH is 1. The van der Waals surface area contributed by atoms with Gasteiger partial charge in [-0.3, -0.25) is 0 Å². The van der Waals surface area contributed by atoms with Crippen molar-refractivity contribution in [2.75, 3.05) is 13.2 Å². The van der Waals surface area contributed by atoms with Crippen molar-refractivity contribution in [1.82, 2.24) is 5.32 Å². The number of hydrogen-bond acceptors (Lipinski definition) is 5. The van der Waals surface area contributed by atoms with Crippen LogP contribution >= 0.6 is 0 Å². The monoisotopic (exact) mass is 403 g/mol. The van der Waals surface area contributed by atoms with Gasteiger partial charge in [-0.15, -0.1) is 0 Å². The van der Waals surface area contributed by atoms with E-state index in [1.165, 1.54) is 0 Å². The van der Waals surface area contributed by atoms with Crippen LogP contribution in [0.1, 0.15) is 59.6 Å². The van der Waals surface area contributed by atoms with E-state index in [1.807, 2.05) is 78.8 Å². The Labute approximate surface area is 174 Å². The van der Waals surface area contributed by atoms with E-state index in [-0.39, 0.29) is 13.2 Å². The van der Waals surface area contributed by atoms with Crippen LogP contribution in [-0.4, -0.2) is 48.3 Å². The van der Waals surface area contributed by atoms with Crippen LogP contribution < -0.4 is 5.32 Å². The minimum Gasteiger partial charge on any atom is -0.444 e. The number of ether oxygens (including phenoxy) is 1. The van der Waals surface area contributed by atoms with E-state index in [1.54, 1.807) is 0 Å². The van der Waals surface area contributed by atoms with Gasteiger partial charge in [0.05, 0.1) is 11.2 Å². The molecule has 160 valence electrons. The van der Waals surface area contributed by atoms with Crippen molar-refractivity contribution in [3.63, 3.8) is 0 Å². The van der Waals surface area contributed by atoms with E-state index in [0.29, 0.717) is 6.42 Å². The molecular weight excluding hydrogens is 369 g/mol. The average Bonchev–Trinajstić information content (AvgIpc) is 2.78. The van der Waals surface area contributed by atoms with Gasteiger partial charge < -0.3 is 24.5 Å². The highest BCUT2D eigenvalue weighted by Crippen LogP contribution is 2.38. The lowest BCUT2D eigenvalue weighted by Gasteiger charge is -2.32. The molecule has 0 spiro atoms. The Bertz CT molecular complexity index is 736. The second-order valence-electron chi connectivity index (χ2n) is 9.38. The number of benzene rings is 1. The van der Waals surface area contributed by atoms with Crippen LogP contribution in [0.2, 0.25) is 0 Å². The molecule has 1 aliphatic heterocycles. The number of rotatable bonds is 6. The van der Waals surface area contributed by atoms with Crippen LogP contribution in [0.3, 0.4) is 0 Å². The van der Waals surface area contributed by atoms with Gasteiger partial charge in [0.15, 0.2) is 0 Å². The summed E-state index contributed by atoms with van der Waals surface area (Å²) in [7, 11) is -0.587. The lowest BCUT2D eigenvalue weighted by Crippen LogP contribution is -2.41. The largest absolute Gasteiger partial charge is 0.492 e. The van der Waals surface area contributed by atoms with E-state index < -0.39 is 30.0 Å². The summed E-state index contributed by atoms with van der Waals surface area (Å²) in [5.74, 6) is 0. The number of alkyl carbamates (subject to hydrolysis) is 1. The first-order valence-electron chi connectivity index (χ1n) is 10.1. The number of aliphatic hydroxyl groups is 1. The van der Waals surface area contributed by atoms with E-state index in [9.17, 15) is 9.90 Å². The highest BCUT2D eigenvalue weighted by Gasteiger charge is 2.52. The molecule has 1 aromatic rings. The van der Waals surface area contributed by atoms with Gasteiger partial charge in [0.2, 0.25) is 0 Å².